The van der Waals surface area contributed by atoms with E-state index in [1.54, 1.807) is 11.8 Å². The van der Waals surface area contributed by atoms with Crippen LogP contribution in [0.4, 0.5) is 5.13 Å². The van der Waals surface area contributed by atoms with Gasteiger partial charge in [0, 0.05) is 60.8 Å². The summed E-state index contributed by atoms with van der Waals surface area (Å²) in [6.07, 6.45) is 3.96. The first kappa shape index (κ1) is 45.7. The molecule has 3 aromatic rings. The largest absolute Gasteiger partial charge is 0.491 e. The van der Waals surface area contributed by atoms with Gasteiger partial charge in [0.2, 0.25) is 5.91 Å². The van der Waals surface area contributed by atoms with E-state index in [1.807, 2.05) is 51.3 Å². The molecular weight excluding hydrogens is 842 g/mol. The first-order chi connectivity index (χ1) is 30.0. The Bertz CT molecular complexity index is 2190. The molecule has 13 nitrogen and oxygen atoms in total. The van der Waals surface area contributed by atoms with Gasteiger partial charge < -0.3 is 29.2 Å². The number of esters is 1. The van der Waals surface area contributed by atoms with Crippen molar-refractivity contribution < 1.29 is 38.1 Å². The molecule has 63 heavy (non-hydrogen) atoms. The van der Waals surface area contributed by atoms with Crippen molar-refractivity contribution in [3.63, 3.8) is 0 Å². The number of amides is 1. The Morgan fingerprint density at radius 3 is 2.43 bits per heavy atom. The Morgan fingerprint density at radius 1 is 1.02 bits per heavy atom. The van der Waals surface area contributed by atoms with Gasteiger partial charge in [-0.1, -0.05) is 45.7 Å². The number of anilines is 1. The number of fused-ring (bicyclic) bond motifs is 2. The molecule has 2 saturated heterocycles. The molecule has 3 saturated carbocycles. The zero-order valence-electron chi connectivity index (χ0n) is 37.9. The van der Waals surface area contributed by atoms with Gasteiger partial charge in [-0.3, -0.25) is 24.1 Å². The lowest BCUT2D eigenvalue weighted by Crippen LogP contribution is -2.48. The molecule has 0 bridgehead atoms. The average molecular weight is 907 g/mol. The summed E-state index contributed by atoms with van der Waals surface area (Å²) in [4.78, 5) is 69.9. The molecule has 1 unspecified atom stereocenters. The van der Waals surface area contributed by atoms with Gasteiger partial charge in [0.15, 0.2) is 10.9 Å². The molecule has 4 heterocycles. The van der Waals surface area contributed by atoms with E-state index in [9.17, 15) is 19.2 Å². The molecule has 0 radical (unpaired) electrons. The molecule has 0 spiro atoms. The van der Waals surface area contributed by atoms with Gasteiger partial charge in [-0.2, -0.15) is 0 Å². The summed E-state index contributed by atoms with van der Waals surface area (Å²) in [6.45, 7) is 17.9. The zero-order valence-corrected chi connectivity index (χ0v) is 39.4. The van der Waals surface area contributed by atoms with E-state index in [0.29, 0.717) is 76.9 Å². The maximum atomic E-state index is 15.0. The number of carbonyl (C=O) groups excluding carboxylic acids is 4. The number of likely N-dealkylation sites (tertiary alicyclic amines) is 1. The predicted molar refractivity (Wildman–Crippen MR) is 243 cm³/mol. The molecule has 15 heteroatoms. The van der Waals surface area contributed by atoms with Gasteiger partial charge in [0.05, 0.1) is 49.3 Å². The Morgan fingerprint density at radius 2 is 1.76 bits per heavy atom. The third-order valence-corrected chi connectivity index (χ3v) is 15.3. The van der Waals surface area contributed by atoms with E-state index in [4.69, 9.17) is 40.5 Å². The van der Waals surface area contributed by atoms with Gasteiger partial charge in [-0.05, 0) is 81.8 Å². The van der Waals surface area contributed by atoms with E-state index in [-0.39, 0.29) is 67.3 Å². The molecule has 2 aromatic heterocycles. The van der Waals surface area contributed by atoms with Crippen LogP contribution in [0, 0.1) is 34.5 Å². The highest BCUT2D eigenvalue weighted by molar-refractivity contribution is 7.14. The van der Waals surface area contributed by atoms with E-state index in [2.05, 4.69) is 24.1 Å². The SMILES string of the molecule is CC[C@@H]1C[C@]1(CC(=O)[C@@H]1C[C@@H](Oc2cc(-c3csc(NC(C)C)n3)nc3c(Cl)c(OCCN4CCOCC4)ccc23)CN1C(=O)[C@@H](CC(=O)OC1C[C@@H]2C[C@@H]2C1)C(C)(C)C)C(C)=O. The van der Waals surface area contributed by atoms with Gasteiger partial charge in [-0.25, -0.2) is 9.97 Å². The fraction of sp³-hybridized carbons (Fsp3) is 0.667. The molecule has 5 aliphatic rings. The van der Waals surface area contributed by atoms with E-state index >= 15 is 0 Å². The van der Waals surface area contributed by atoms with Crippen molar-refractivity contribution in [2.24, 2.45) is 34.5 Å². The number of nitrogens with zero attached hydrogens (tertiary/aromatic N) is 4. The van der Waals surface area contributed by atoms with Crippen molar-refractivity contribution in [3.8, 4) is 22.9 Å². The van der Waals surface area contributed by atoms with Crippen molar-refractivity contribution in [2.45, 2.75) is 124 Å². The first-order valence-electron chi connectivity index (χ1n) is 23.0. The minimum Gasteiger partial charge on any atom is -0.491 e. The van der Waals surface area contributed by atoms with Crippen LogP contribution in [-0.2, 0) is 28.7 Å². The number of ether oxygens (including phenoxy) is 4. The quantitative estimate of drug-likeness (QED) is 0.123. The molecule has 8 rings (SSSR count). The maximum Gasteiger partial charge on any atom is 0.306 e. The third-order valence-electron chi connectivity index (χ3n) is 14.1. The molecule has 342 valence electrons. The normalized spacial score (nSPS) is 27.3. The second-order valence-corrected chi connectivity index (χ2v) is 21.3. The van der Waals surface area contributed by atoms with Crippen LogP contribution in [-0.4, -0.2) is 114 Å². The fourth-order valence-corrected chi connectivity index (χ4v) is 11.3. The number of aromatic nitrogens is 2. The highest BCUT2D eigenvalue weighted by atomic mass is 35.5. The molecule has 1 N–H and O–H groups in total. The summed E-state index contributed by atoms with van der Waals surface area (Å²) in [5, 5.41) is 7.04. The topological polar surface area (TPSA) is 149 Å². The minimum atomic E-state index is -0.842. The Kier molecular flexibility index (Phi) is 13.5. The Balaban J connectivity index is 1.09. The second-order valence-electron chi connectivity index (χ2n) is 20.0. The van der Waals surface area contributed by atoms with Crippen molar-refractivity contribution in [1.29, 1.82) is 0 Å². The highest BCUT2D eigenvalue weighted by Crippen LogP contribution is 2.58. The number of nitrogens with one attached hydrogen (secondary N) is 1. The van der Waals surface area contributed by atoms with E-state index < -0.39 is 28.9 Å². The first-order valence-corrected chi connectivity index (χ1v) is 24.3. The lowest BCUT2D eigenvalue weighted by molar-refractivity contribution is -0.156. The number of thiazole rings is 1. The maximum absolute atomic E-state index is 15.0. The number of Topliss-reactive ketones (excluding diaryl/α,β-unsaturated/α-hetero) is 2. The summed E-state index contributed by atoms with van der Waals surface area (Å²) < 4.78 is 24.6. The van der Waals surface area contributed by atoms with Gasteiger partial charge in [-0.15, -0.1) is 11.3 Å². The summed E-state index contributed by atoms with van der Waals surface area (Å²) in [6, 6.07) is 4.89. The molecular formula is C48H64ClN5O8S. The summed E-state index contributed by atoms with van der Waals surface area (Å²) >= 11 is 8.62. The number of hydrogen-bond acceptors (Lipinski definition) is 13. The number of halogens is 1. The van der Waals surface area contributed by atoms with Crippen LogP contribution in [0.15, 0.2) is 23.6 Å². The lowest BCUT2D eigenvalue weighted by Gasteiger charge is -2.35. The number of hydrogen-bond donors (Lipinski definition) is 1. The van der Waals surface area contributed by atoms with Crippen LogP contribution in [0.5, 0.6) is 11.5 Å². The van der Waals surface area contributed by atoms with Gasteiger partial charge in [0.1, 0.15) is 46.8 Å². The molecule has 2 aliphatic heterocycles. The molecule has 5 fully saturated rings. The van der Waals surface area contributed by atoms with Crippen molar-refractivity contribution in [2.75, 3.05) is 51.3 Å². The monoisotopic (exact) mass is 905 g/mol. The molecule has 1 amide bonds. The summed E-state index contributed by atoms with van der Waals surface area (Å²) in [5.41, 5.74) is 0.341. The van der Waals surface area contributed by atoms with E-state index in [1.165, 1.54) is 17.8 Å². The van der Waals surface area contributed by atoms with Gasteiger partial charge >= 0.3 is 5.97 Å². The average Bonchev–Trinajstić information content (AvgIpc) is 3.91. The van der Waals surface area contributed by atoms with Crippen LogP contribution < -0.4 is 14.8 Å². The molecule has 8 atom stereocenters. The highest BCUT2D eigenvalue weighted by Gasteiger charge is 2.59. The lowest BCUT2D eigenvalue weighted by atomic mass is 9.77. The predicted octanol–water partition coefficient (Wildman–Crippen LogP) is 8.25. The number of benzene rings is 1. The number of ketones is 2. The number of morpholine rings is 1. The third kappa shape index (κ3) is 10.2. The molecule has 1 aromatic carbocycles. The van der Waals surface area contributed by atoms with Crippen LogP contribution in [0.3, 0.4) is 0 Å². The van der Waals surface area contributed by atoms with Crippen LogP contribution in [0.1, 0.15) is 99.8 Å². The number of rotatable bonds is 18. The van der Waals surface area contributed by atoms with Crippen LogP contribution in [0.2, 0.25) is 5.02 Å². The van der Waals surface area contributed by atoms with E-state index in [0.717, 1.165) is 44.0 Å². The van der Waals surface area contributed by atoms with Crippen LogP contribution >= 0.6 is 22.9 Å². The van der Waals surface area contributed by atoms with Crippen LogP contribution in [0.25, 0.3) is 22.3 Å². The Hall–Kier alpha value is -3.85. The van der Waals surface area contributed by atoms with Crippen molar-refractivity contribution >= 4 is 62.4 Å². The van der Waals surface area contributed by atoms with Crippen molar-refractivity contribution in [3.05, 3.63) is 28.6 Å². The zero-order chi connectivity index (χ0) is 44.8. The summed E-state index contributed by atoms with van der Waals surface area (Å²) in [5.74, 6) is 0.866. The Labute approximate surface area is 380 Å². The minimum absolute atomic E-state index is 0.0112. The van der Waals surface area contributed by atoms with Crippen molar-refractivity contribution in [1.82, 2.24) is 19.8 Å². The molecule has 3 aliphatic carbocycles. The summed E-state index contributed by atoms with van der Waals surface area (Å²) in [7, 11) is 0. The second kappa shape index (κ2) is 18.6. The smallest absolute Gasteiger partial charge is 0.306 e. The number of pyridine rings is 1. The number of carbonyl (C=O) groups is 4. The standard InChI is InChI=1S/C48H64ClN5O8S/c1-8-31-23-48(31,28(4)55)24-39(56)38-20-33(25-54(38)45(58)35(47(5,6)7)21-42(57)62-32-18-29-17-30(29)19-32)61-41-22-36(37-26-63-46(52-37)50-27(2)3)51-44-34(41)9-10-40(43(44)49)60-16-13-53-11-14-59-15-12-53/h9-10,22,26-27,29-33,35,38H,8,11-21,23-25H2,1-7H3,(H,50,52)/t29-,30+,31-,32?,33-,35-,38+,48+/m1/s1. The fourth-order valence-electron chi connectivity index (χ4n) is 10.2. The van der Waals surface area contributed by atoms with Gasteiger partial charge in [0.25, 0.3) is 0 Å².